The molecule has 0 heterocycles. The number of carboxylic acids is 1. The SMILES string of the molecule is O=C(N[C@@H](CCO)C(=O)O)c1ccc(I)cc1. The van der Waals surface area contributed by atoms with Gasteiger partial charge in [0.15, 0.2) is 0 Å². The highest BCUT2D eigenvalue weighted by Gasteiger charge is 2.19. The molecule has 1 atom stereocenters. The van der Waals surface area contributed by atoms with E-state index >= 15 is 0 Å². The van der Waals surface area contributed by atoms with Crippen LogP contribution < -0.4 is 5.32 Å². The van der Waals surface area contributed by atoms with Crippen molar-refractivity contribution >= 4 is 34.5 Å². The van der Waals surface area contributed by atoms with Crippen LogP contribution in [0.3, 0.4) is 0 Å². The third-order valence-electron chi connectivity index (χ3n) is 2.13. The number of carbonyl (C=O) groups is 2. The monoisotopic (exact) mass is 349 g/mol. The van der Waals surface area contributed by atoms with E-state index in [-0.39, 0.29) is 13.0 Å². The summed E-state index contributed by atoms with van der Waals surface area (Å²) in [6.45, 7) is -0.288. The van der Waals surface area contributed by atoms with E-state index in [2.05, 4.69) is 27.9 Å². The first-order chi connectivity index (χ1) is 8.04. The Labute approximate surface area is 112 Å². The Morgan fingerprint density at radius 2 is 1.88 bits per heavy atom. The van der Waals surface area contributed by atoms with Crippen LogP contribution >= 0.6 is 22.6 Å². The lowest BCUT2D eigenvalue weighted by molar-refractivity contribution is -0.139. The summed E-state index contributed by atoms with van der Waals surface area (Å²) >= 11 is 2.11. The molecule has 0 aliphatic heterocycles. The maximum absolute atomic E-state index is 11.7. The zero-order chi connectivity index (χ0) is 12.8. The molecule has 6 heteroatoms. The molecule has 5 nitrogen and oxygen atoms in total. The summed E-state index contributed by atoms with van der Waals surface area (Å²) in [5.41, 5.74) is 0.398. The van der Waals surface area contributed by atoms with Crippen LogP contribution in [0.15, 0.2) is 24.3 Å². The molecule has 0 aromatic heterocycles. The van der Waals surface area contributed by atoms with E-state index in [0.717, 1.165) is 3.57 Å². The number of carbonyl (C=O) groups excluding carboxylic acids is 1. The number of benzene rings is 1. The van der Waals surface area contributed by atoms with Gasteiger partial charge in [-0.15, -0.1) is 0 Å². The van der Waals surface area contributed by atoms with Gasteiger partial charge < -0.3 is 15.5 Å². The summed E-state index contributed by atoms with van der Waals surface area (Å²) in [6.07, 6.45) is -0.00849. The van der Waals surface area contributed by atoms with Crippen molar-refractivity contribution in [1.82, 2.24) is 5.32 Å². The van der Waals surface area contributed by atoms with Crippen LogP contribution in [0.5, 0.6) is 0 Å². The van der Waals surface area contributed by atoms with Crippen molar-refractivity contribution in [3.05, 3.63) is 33.4 Å². The highest BCUT2D eigenvalue weighted by atomic mass is 127. The Bertz CT molecular complexity index is 404. The van der Waals surface area contributed by atoms with Gasteiger partial charge in [0.25, 0.3) is 5.91 Å². The standard InChI is InChI=1S/C11H12INO4/c12-8-3-1-7(2-4-8)10(15)13-9(5-6-14)11(16)17/h1-4,9,14H,5-6H2,(H,13,15)(H,16,17)/t9-/m0/s1. The van der Waals surface area contributed by atoms with Crippen LogP contribution in [0.2, 0.25) is 0 Å². The van der Waals surface area contributed by atoms with Crippen LogP contribution in [0, 0.1) is 3.57 Å². The van der Waals surface area contributed by atoms with Gasteiger partial charge in [-0.25, -0.2) is 4.79 Å². The number of amides is 1. The molecule has 17 heavy (non-hydrogen) atoms. The van der Waals surface area contributed by atoms with Gasteiger partial charge in [-0.2, -0.15) is 0 Å². The fourth-order valence-electron chi connectivity index (χ4n) is 1.23. The van der Waals surface area contributed by atoms with Crippen molar-refractivity contribution in [1.29, 1.82) is 0 Å². The number of hydrogen-bond acceptors (Lipinski definition) is 3. The smallest absolute Gasteiger partial charge is 0.326 e. The van der Waals surface area contributed by atoms with Crippen LogP contribution in [0.25, 0.3) is 0 Å². The van der Waals surface area contributed by atoms with Crippen LogP contribution in [-0.4, -0.2) is 34.7 Å². The summed E-state index contributed by atoms with van der Waals surface area (Å²) in [4.78, 5) is 22.5. The minimum Gasteiger partial charge on any atom is -0.480 e. The van der Waals surface area contributed by atoms with Gasteiger partial charge in [0.05, 0.1) is 0 Å². The molecule has 1 aromatic rings. The number of aliphatic carboxylic acids is 1. The fourth-order valence-corrected chi connectivity index (χ4v) is 1.59. The molecule has 0 bridgehead atoms. The molecule has 0 spiro atoms. The Morgan fingerprint density at radius 3 is 2.35 bits per heavy atom. The molecule has 3 N–H and O–H groups in total. The van der Waals surface area contributed by atoms with Crippen molar-refractivity contribution < 1.29 is 19.8 Å². The highest BCUT2D eigenvalue weighted by Crippen LogP contribution is 2.07. The summed E-state index contributed by atoms with van der Waals surface area (Å²) in [5.74, 6) is -1.61. The minimum atomic E-state index is -1.15. The minimum absolute atomic E-state index is 0.00849. The second-order valence-electron chi connectivity index (χ2n) is 3.38. The number of hydrogen-bond donors (Lipinski definition) is 3. The van der Waals surface area contributed by atoms with E-state index in [1.807, 2.05) is 0 Å². The second-order valence-corrected chi connectivity index (χ2v) is 4.63. The van der Waals surface area contributed by atoms with Gasteiger partial charge in [0.2, 0.25) is 0 Å². The maximum Gasteiger partial charge on any atom is 0.326 e. The van der Waals surface area contributed by atoms with Gasteiger partial charge in [0, 0.05) is 22.2 Å². The third-order valence-corrected chi connectivity index (χ3v) is 2.85. The molecule has 0 fully saturated rings. The van der Waals surface area contributed by atoms with Gasteiger partial charge in [-0.3, -0.25) is 4.79 Å². The first-order valence-electron chi connectivity index (χ1n) is 4.94. The normalized spacial score (nSPS) is 11.9. The molecule has 0 aliphatic rings. The molecule has 1 amide bonds. The molecule has 1 rings (SSSR count). The highest BCUT2D eigenvalue weighted by molar-refractivity contribution is 14.1. The van der Waals surface area contributed by atoms with E-state index in [1.165, 1.54) is 0 Å². The predicted molar refractivity (Wildman–Crippen MR) is 69.8 cm³/mol. The maximum atomic E-state index is 11.7. The third kappa shape index (κ3) is 4.31. The van der Waals surface area contributed by atoms with Crippen LogP contribution in [0.1, 0.15) is 16.8 Å². The first kappa shape index (κ1) is 13.9. The molecular formula is C11H12INO4. The van der Waals surface area contributed by atoms with Gasteiger partial charge in [-0.05, 0) is 46.9 Å². The van der Waals surface area contributed by atoms with Crippen molar-refractivity contribution in [2.75, 3.05) is 6.61 Å². The zero-order valence-electron chi connectivity index (χ0n) is 8.89. The van der Waals surface area contributed by atoms with Crippen molar-refractivity contribution in [2.45, 2.75) is 12.5 Å². The molecule has 0 radical (unpaired) electrons. The topological polar surface area (TPSA) is 86.6 Å². The Balaban J connectivity index is 2.70. The van der Waals surface area contributed by atoms with Crippen molar-refractivity contribution in [3.8, 4) is 0 Å². The number of nitrogens with one attached hydrogen (secondary N) is 1. The van der Waals surface area contributed by atoms with E-state index in [9.17, 15) is 9.59 Å². The van der Waals surface area contributed by atoms with E-state index in [1.54, 1.807) is 24.3 Å². The van der Waals surface area contributed by atoms with Gasteiger partial charge in [0.1, 0.15) is 6.04 Å². The van der Waals surface area contributed by atoms with Crippen molar-refractivity contribution in [2.24, 2.45) is 0 Å². The van der Waals surface area contributed by atoms with Crippen LogP contribution in [0.4, 0.5) is 0 Å². The lowest BCUT2D eigenvalue weighted by Crippen LogP contribution is -2.41. The first-order valence-corrected chi connectivity index (χ1v) is 6.02. The van der Waals surface area contributed by atoms with Crippen molar-refractivity contribution in [3.63, 3.8) is 0 Å². The van der Waals surface area contributed by atoms with Gasteiger partial charge in [-0.1, -0.05) is 0 Å². The summed E-state index contributed by atoms with van der Waals surface area (Å²) < 4.78 is 0.990. The molecule has 0 saturated heterocycles. The lowest BCUT2D eigenvalue weighted by atomic mass is 10.1. The van der Waals surface area contributed by atoms with Crippen LogP contribution in [-0.2, 0) is 4.79 Å². The quantitative estimate of drug-likeness (QED) is 0.688. The number of halogens is 1. The molecular weight excluding hydrogens is 337 g/mol. The number of rotatable bonds is 5. The zero-order valence-corrected chi connectivity index (χ0v) is 11.0. The van der Waals surface area contributed by atoms with E-state index in [0.29, 0.717) is 5.56 Å². The number of carboxylic acid groups (broad SMARTS) is 1. The summed E-state index contributed by atoms with van der Waals surface area (Å²) in [5, 5.41) is 19.9. The Kier molecular flexibility index (Phi) is 5.36. The number of aliphatic hydroxyl groups is 1. The summed E-state index contributed by atoms with van der Waals surface area (Å²) in [6, 6.07) is 5.70. The molecule has 92 valence electrons. The Morgan fingerprint density at radius 1 is 1.29 bits per heavy atom. The molecule has 1 aromatic carbocycles. The fraction of sp³-hybridized carbons (Fsp3) is 0.273. The second kappa shape index (κ2) is 6.55. The largest absolute Gasteiger partial charge is 0.480 e. The van der Waals surface area contributed by atoms with E-state index < -0.39 is 17.9 Å². The number of aliphatic hydroxyl groups excluding tert-OH is 1. The predicted octanol–water partition coefficient (Wildman–Crippen LogP) is 0.857. The molecule has 0 unspecified atom stereocenters. The molecule has 0 saturated carbocycles. The average Bonchev–Trinajstić information content (AvgIpc) is 2.29. The van der Waals surface area contributed by atoms with Gasteiger partial charge >= 0.3 is 5.97 Å². The van der Waals surface area contributed by atoms with E-state index in [4.69, 9.17) is 10.2 Å². The summed E-state index contributed by atoms with van der Waals surface area (Å²) in [7, 11) is 0. The molecule has 0 aliphatic carbocycles. The lowest BCUT2D eigenvalue weighted by Gasteiger charge is -2.13. The Hall–Kier alpha value is -1.15. The average molecular weight is 349 g/mol.